The van der Waals surface area contributed by atoms with Crippen LogP contribution in [-0.2, 0) is 4.79 Å². The number of para-hydroxylation sites is 1. The van der Waals surface area contributed by atoms with Gasteiger partial charge in [0.25, 0.3) is 0 Å². The number of hydrogen-bond donors (Lipinski definition) is 1. The number of benzene rings is 2. The Morgan fingerprint density at radius 1 is 1.26 bits per heavy atom. The van der Waals surface area contributed by atoms with Crippen molar-refractivity contribution in [3.05, 3.63) is 59.7 Å². The van der Waals surface area contributed by atoms with Crippen molar-refractivity contribution in [2.75, 3.05) is 19.1 Å². The number of carboxylic acid groups (broad SMARTS) is 1. The number of anilines is 1. The number of aliphatic carboxylic acids is 1. The molecule has 7 heteroatoms. The Hall–Kier alpha value is -3.61. The fraction of sp³-hybridized carbons (Fsp3) is 0.150. The summed E-state index contributed by atoms with van der Waals surface area (Å²) in [4.78, 5) is 15.1. The second-order valence-corrected chi connectivity index (χ2v) is 5.78. The largest absolute Gasteiger partial charge is 0.546 e. The van der Waals surface area contributed by atoms with Crippen molar-refractivity contribution in [2.45, 2.75) is 6.92 Å². The van der Waals surface area contributed by atoms with Gasteiger partial charge in [0.1, 0.15) is 23.9 Å². The van der Waals surface area contributed by atoms with E-state index in [4.69, 9.17) is 9.47 Å². The van der Waals surface area contributed by atoms with Crippen LogP contribution in [0.4, 0.5) is 5.82 Å². The first kappa shape index (κ1) is 18.2. The number of methoxy groups -OCH3 is 1. The average Bonchev–Trinajstić information content (AvgIpc) is 2.66. The molecule has 0 saturated heterocycles. The van der Waals surface area contributed by atoms with Gasteiger partial charge in [-0.1, -0.05) is 12.1 Å². The third-order valence-corrected chi connectivity index (χ3v) is 3.87. The summed E-state index contributed by atoms with van der Waals surface area (Å²) in [6.45, 7) is 1.47. The van der Waals surface area contributed by atoms with E-state index in [1.807, 2.05) is 31.2 Å². The van der Waals surface area contributed by atoms with Crippen LogP contribution in [0.25, 0.3) is 10.9 Å². The van der Waals surface area contributed by atoms with Crippen LogP contribution in [0, 0.1) is 6.92 Å². The predicted molar refractivity (Wildman–Crippen MR) is 101 cm³/mol. The average molecular weight is 364 g/mol. The summed E-state index contributed by atoms with van der Waals surface area (Å²) in [6.07, 6.45) is 1.54. The molecule has 0 aliphatic rings. The fourth-order valence-electron chi connectivity index (χ4n) is 2.59. The quantitative estimate of drug-likeness (QED) is 0.510. The molecule has 1 aromatic heterocycles. The van der Waals surface area contributed by atoms with Crippen LogP contribution < -0.4 is 20.0 Å². The van der Waals surface area contributed by atoms with Gasteiger partial charge in [-0.05, 0) is 42.8 Å². The van der Waals surface area contributed by atoms with Gasteiger partial charge in [0.15, 0.2) is 0 Å². The summed E-state index contributed by atoms with van der Waals surface area (Å²) in [5.74, 6) is 0.428. The molecule has 138 valence electrons. The lowest BCUT2D eigenvalue weighted by Crippen LogP contribution is -2.29. The van der Waals surface area contributed by atoms with Gasteiger partial charge in [-0.3, -0.25) is 5.43 Å². The molecule has 0 aliphatic carbocycles. The normalized spacial score (nSPS) is 10.9. The van der Waals surface area contributed by atoms with Gasteiger partial charge < -0.3 is 19.4 Å². The zero-order chi connectivity index (χ0) is 19.2. The van der Waals surface area contributed by atoms with E-state index in [2.05, 4.69) is 15.5 Å². The predicted octanol–water partition coefficient (Wildman–Crippen LogP) is 2.13. The maximum Gasteiger partial charge on any atom is 0.147 e. The molecule has 1 N–H and O–H groups in total. The van der Waals surface area contributed by atoms with Crippen molar-refractivity contribution in [3.8, 4) is 11.5 Å². The molecular formula is C20H18N3O4-. The highest BCUT2D eigenvalue weighted by atomic mass is 16.5. The molecule has 1 heterocycles. The molecule has 0 atom stereocenters. The minimum atomic E-state index is -1.29. The van der Waals surface area contributed by atoms with Gasteiger partial charge in [-0.2, -0.15) is 5.10 Å². The number of pyridine rings is 1. The first-order valence-electron chi connectivity index (χ1n) is 8.23. The molecule has 3 aromatic rings. The minimum absolute atomic E-state index is 0.402. The van der Waals surface area contributed by atoms with Crippen LogP contribution in [0.15, 0.2) is 53.6 Å². The van der Waals surface area contributed by atoms with E-state index < -0.39 is 12.6 Å². The Bertz CT molecular complexity index is 1000. The van der Waals surface area contributed by atoms with E-state index in [9.17, 15) is 9.90 Å². The summed E-state index contributed by atoms with van der Waals surface area (Å²) in [6, 6.07) is 14.6. The molecule has 3 rings (SSSR count). The van der Waals surface area contributed by atoms with Gasteiger partial charge in [-0.15, -0.1) is 0 Å². The van der Waals surface area contributed by atoms with Gasteiger partial charge in [-0.25, -0.2) is 4.98 Å². The van der Waals surface area contributed by atoms with Crippen molar-refractivity contribution in [3.63, 3.8) is 0 Å². The van der Waals surface area contributed by atoms with E-state index in [1.165, 1.54) is 6.21 Å². The Balaban J connectivity index is 1.79. The zero-order valence-corrected chi connectivity index (χ0v) is 14.9. The standard InChI is InChI=1S/C20H19N3O4/c1-13-9-19(22-17-10-15(26-2)7-8-16(13)17)23-21-11-14-5-3-4-6-18(14)27-12-20(24)25/h3-11H,12H2,1-2H3,(H,22,23)(H,24,25)/p-1/b21-11-. The molecule has 0 radical (unpaired) electrons. The number of ether oxygens (including phenoxy) is 2. The van der Waals surface area contributed by atoms with Crippen molar-refractivity contribution < 1.29 is 19.4 Å². The number of nitrogens with zero attached hydrogens (tertiary/aromatic N) is 2. The van der Waals surface area contributed by atoms with Crippen molar-refractivity contribution >= 4 is 28.9 Å². The molecule has 0 amide bonds. The number of rotatable bonds is 7. The maximum absolute atomic E-state index is 10.6. The lowest BCUT2D eigenvalue weighted by molar-refractivity contribution is -0.307. The van der Waals surface area contributed by atoms with Gasteiger partial charge in [0, 0.05) is 17.0 Å². The maximum atomic E-state index is 10.6. The number of hydrogen-bond acceptors (Lipinski definition) is 7. The van der Waals surface area contributed by atoms with E-state index in [0.29, 0.717) is 17.1 Å². The second-order valence-electron chi connectivity index (χ2n) is 5.78. The Kier molecular flexibility index (Phi) is 5.51. The molecule has 7 nitrogen and oxygen atoms in total. The van der Waals surface area contributed by atoms with E-state index in [0.717, 1.165) is 22.2 Å². The number of nitrogens with one attached hydrogen (secondary N) is 1. The van der Waals surface area contributed by atoms with E-state index >= 15 is 0 Å². The minimum Gasteiger partial charge on any atom is -0.546 e. The molecule has 27 heavy (non-hydrogen) atoms. The Morgan fingerprint density at radius 2 is 2.07 bits per heavy atom. The lowest BCUT2D eigenvalue weighted by atomic mass is 10.1. The number of aromatic nitrogens is 1. The third-order valence-electron chi connectivity index (χ3n) is 3.87. The summed E-state index contributed by atoms with van der Waals surface area (Å²) >= 11 is 0. The van der Waals surface area contributed by atoms with Crippen LogP contribution in [0.2, 0.25) is 0 Å². The molecule has 0 unspecified atom stereocenters. The molecule has 0 bridgehead atoms. The smallest absolute Gasteiger partial charge is 0.147 e. The van der Waals surface area contributed by atoms with Crippen molar-refractivity contribution in [2.24, 2.45) is 5.10 Å². The highest BCUT2D eigenvalue weighted by Gasteiger charge is 2.04. The first-order valence-corrected chi connectivity index (χ1v) is 8.23. The highest BCUT2D eigenvalue weighted by Crippen LogP contribution is 2.24. The lowest BCUT2D eigenvalue weighted by Gasteiger charge is -2.09. The van der Waals surface area contributed by atoms with Crippen LogP contribution in [0.1, 0.15) is 11.1 Å². The Morgan fingerprint density at radius 3 is 2.85 bits per heavy atom. The Labute approximate surface area is 156 Å². The summed E-state index contributed by atoms with van der Waals surface area (Å²) in [5.41, 5.74) is 5.37. The zero-order valence-electron chi connectivity index (χ0n) is 14.9. The summed E-state index contributed by atoms with van der Waals surface area (Å²) in [7, 11) is 1.61. The summed E-state index contributed by atoms with van der Waals surface area (Å²) in [5, 5.41) is 15.8. The number of carboxylic acids is 1. The van der Waals surface area contributed by atoms with Gasteiger partial charge in [0.2, 0.25) is 0 Å². The second kappa shape index (κ2) is 8.18. The molecular weight excluding hydrogens is 346 g/mol. The number of carbonyl (C=O) groups is 1. The first-order chi connectivity index (χ1) is 13.1. The van der Waals surface area contributed by atoms with Crippen molar-refractivity contribution in [1.29, 1.82) is 0 Å². The SMILES string of the molecule is COc1ccc2c(C)cc(N/N=C\c3ccccc3OCC(=O)[O-])nc2c1. The van der Waals surface area contributed by atoms with Crippen LogP contribution in [0.5, 0.6) is 11.5 Å². The van der Waals surface area contributed by atoms with E-state index in [1.54, 1.807) is 31.4 Å². The van der Waals surface area contributed by atoms with Gasteiger partial charge in [0.05, 0.1) is 24.8 Å². The number of hydrazone groups is 1. The van der Waals surface area contributed by atoms with Crippen LogP contribution >= 0.6 is 0 Å². The highest BCUT2D eigenvalue weighted by molar-refractivity contribution is 5.86. The topological polar surface area (TPSA) is 95.9 Å². The van der Waals surface area contributed by atoms with Crippen LogP contribution in [0.3, 0.4) is 0 Å². The van der Waals surface area contributed by atoms with Crippen LogP contribution in [-0.4, -0.2) is 30.9 Å². The monoisotopic (exact) mass is 364 g/mol. The summed E-state index contributed by atoms with van der Waals surface area (Å²) < 4.78 is 10.4. The molecule has 0 spiro atoms. The molecule has 0 fully saturated rings. The number of fused-ring (bicyclic) bond motifs is 1. The third kappa shape index (κ3) is 4.52. The van der Waals surface area contributed by atoms with Gasteiger partial charge >= 0.3 is 0 Å². The molecule has 0 saturated carbocycles. The molecule has 0 aliphatic heterocycles. The number of carbonyl (C=O) groups excluding carboxylic acids is 1. The number of aryl methyl sites for hydroxylation is 1. The fourth-order valence-corrected chi connectivity index (χ4v) is 2.59. The molecule has 2 aromatic carbocycles. The van der Waals surface area contributed by atoms with E-state index in [-0.39, 0.29) is 0 Å². The van der Waals surface area contributed by atoms with Crippen molar-refractivity contribution in [1.82, 2.24) is 4.98 Å².